The van der Waals surface area contributed by atoms with Crippen LogP contribution in [0.5, 0.6) is 0 Å². The van der Waals surface area contributed by atoms with Gasteiger partial charge in [-0.2, -0.15) is 0 Å². The number of aryl methyl sites for hydroxylation is 2. The molecule has 2 N–H and O–H groups in total. The maximum absolute atomic E-state index is 5.71. The van der Waals surface area contributed by atoms with Gasteiger partial charge in [-0.15, -0.1) is 24.0 Å². The summed E-state index contributed by atoms with van der Waals surface area (Å²) in [4.78, 5) is 6.86. The van der Waals surface area contributed by atoms with Crippen molar-refractivity contribution in [1.29, 1.82) is 0 Å². The molecule has 0 saturated carbocycles. The van der Waals surface area contributed by atoms with Crippen LogP contribution < -0.4 is 10.6 Å². The molecule has 1 aliphatic rings. The first-order valence-electron chi connectivity index (χ1n) is 9.82. The summed E-state index contributed by atoms with van der Waals surface area (Å²) in [6.07, 6.45) is 6.43. The zero-order valence-electron chi connectivity index (χ0n) is 17.0. The fourth-order valence-electron chi connectivity index (χ4n) is 3.70. The Kier molecular flexibility index (Phi) is 9.30. The molecule has 0 amide bonds. The van der Waals surface area contributed by atoms with Gasteiger partial charge in [-0.25, -0.2) is 0 Å². The summed E-state index contributed by atoms with van der Waals surface area (Å²) in [6.45, 7) is 7.70. The van der Waals surface area contributed by atoms with Crippen LogP contribution in [0.3, 0.4) is 0 Å². The molecule has 0 aromatic carbocycles. The van der Waals surface area contributed by atoms with Crippen molar-refractivity contribution in [3.8, 4) is 0 Å². The highest BCUT2D eigenvalue weighted by Crippen LogP contribution is 2.24. The first kappa shape index (κ1) is 22.7. The van der Waals surface area contributed by atoms with Crippen LogP contribution in [-0.2, 0) is 6.42 Å². The molecule has 1 unspecified atom stereocenters. The van der Waals surface area contributed by atoms with E-state index in [9.17, 15) is 0 Å². The van der Waals surface area contributed by atoms with E-state index >= 15 is 0 Å². The van der Waals surface area contributed by atoms with E-state index in [-0.39, 0.29) is 30.0 Å². The maximum atomic E-state index is 5.71. The second kappa shape index (κ2) is 11.5. The Morgan fingerprint density at radius 1 is 1.25 bits per heavy atom. The molecule has 1 saturated heterocycles. The third kappa shape index (κ3) is 5.97. The van der Waals surface area contributed by atoms with E-state index in [1.165, 1.54) is 24.8 Å². The molecule has 0 bridgehead atoms. The van der Waals surface area contributed by atoms with Crippen molar-refractivity contribution in [3.63, 3.8) is 0 Å². The van der Waals surface area contributed by atoms with E-state index < -0.39 is 0 Å². The molecule has 2 aromatic heterocycles. The molecule has 0 spiro atoms. The van der Waals surface area contributed by atoms with Crippen LogP contribution in [0.25, 0.3) is 0 Å². The highest BCUT2D eigenvalue weighted by Gasteiger charge is 2.24. The number of guanidine groups is 1. The van der Waals surface area contributed by atoms with Crippen LogP contribution in [0.4, 0.5) is 0 Å². The van der Waals surface area contributed by atoms with Crippen molar-refractivity contribution in [2.24, 2.45) is 4.99 Å². The average molecular weight is 501 g/mol. The lowest BCUT2D eigenvalue weighted by molar-refractivity contribution is 0.146. The molecule has 7 nitrogen and oxygen atoms in total. The van der Waals surface area contributed by atoms with E-state index in [0.717, 1.165) is 55.8 Å². The van der Waals surface area contributed by atoms with Crippen molar-refractivity contribution in [2.45, 2.75) is 45.6 Å². The lowest BCUT2D eigenvalue weighted by Crippen LogP contribution is -2.44. The van der Waals surface area contributed by atoms with Crippen molar-refractivity contribution in [3.05, 3.63) is 41.2 Å². The predicted octanol–water partition coefficient (Wildman–Crippen LogP) is 3.44. The minimum absolute atomic E-state index is 0. The largest absolute Gasteiger partial charge is 0.468 e. The zero-order chi connectivity index (χ0) is 19.1. The van der Waals surface area contributed by atoms with Crippen molar-refractivity contribution in [1.82, 2.24) is 20.7 Å². The van der Waals surface area contributed by atoms with Gasteiger partial charge in [0.25, 0.3) is 0 Å². The molecule has 1 fully saturated rings. The molecule has 0 aliphatic carbocycles. The van der Waals surface area contributed by atoms with Gasteiger partial charge in [-0.3, -0.25) is 9.89 Å². The van der Waals surface area contributed by atoms with E-state index in [2.05, 4.69) is 31.7 Å². The number of nitrogens with one attached hydrogen (secondary N) is 2. The van der Waals surface area contributed by atoms with Gasteiger partial charge in [0.05, 0.1) is 18.0 Å². The van der Waals surface area contributed by atoms with E-state index in [0.29, 0.717) is 0 Å². The molecule has 3 rings (SSSR count). The molecular formula is C20H32IN5O2. The Hall–Kier alpha value is -1.55. The Morgan fingerprint density at radius 2 is 2.04 bits per heavy atom. The number of likely N-dealkylation sites (tertiary alicyclic amines) is 1. The number of aliphatic imine (C=N–C) groups is 1. The molecule has 1 aliphatic heterocycles. The highest BCUT2D eigenvalue weighted by atomic mass is 127. The minimum Gasteiger partial charge on any atom is -0.468 e. The molecule has 2 aromatic rings. The molecule has 8 heteroatoms. The van der Waals surface area contributed by atoms with Gasteiger partial charge in [0.1, 0.15) is 11.5 Å². The highest BCUT2D eigenvalue weighted by molar-refractivity contribution is 14.0. The molecule has 156 valence electrons. The smallest absolute Gasteiger partial charge is 0.191 e. The van der Waals surface area contributed by atoms with Gasteiger partial charge in [-0.1, -0.05) is 11.6 Å². The zero-order valence-corrected chi connectivity index (χ0v) is 19.4. The van der Waals surface area contributed by atoms with Gasteiger partial charge in [0, 0.05) is 25.7 Å². The summed E-state index contributed by atoms with van der Waals surface area (Å²) < 4.78 is 10.9. The number of halogens is 1. The Balaban J connectivity index is 0.00000280. The van der Waals surface area contributed by atoms with Crippen LogP contribution in [0.2, 0.25) is 0 Å². The third-order valence-electron chi connectivity index (χ3n) is 5.24. The molecule has 3 heterocycles. The van der Waals surface area contributed by atoms with Crippen molar-refractivity contribution < 1.29 is 8.94 Å². The first-order chi connectivity index (χ1) is 13.2. The fraction of sp³-hybridized carbons (Fsp3) is 0.600. The lowest BCUT2D eigenvalue weighted by Gasteiger charge is -2.33. The van der Waals surface area contributed by atoms with Crippen LogP contribution in [-0.4, -0.2) is 49.2 Å². The summed E-state index contributed by atoms with van der Waals surface area (Å²) in [6, 6.07) is 4.25. The monoisotopic (exact) mass is 501 g/mol. The number of nitrogens with zero attached hydrogens (tertiary/aromatic N) is 3. The SMILES string of the molecule is CN=C(NCCc1c(C)noc1C)NCC(c1ccco1)N1CCCCC1.I. The molecule has 1 atom stereocenters. The second-order valence-corrected chi connectivity index (χ2v) is 7.06. The minimum atomic E-state index is 0. The molecular weight excluding hydrogens is 469 g/mol. The van der Waals surface area contributed by atoms with E-state index in [1.807, 2.05) is 19.9 Å². The number of aromatic nitrogens is 1. The number of hydrogen-bond acceptors (Lipinski definition) is 5. The number of rotatable bonds is 7. The van der Waals surface area contributed by atoms with Crippen molar-refractivity contribution in [2.75, 3.05) is 33.2 Å². The fourth-order valence-corrected chi connectivity index (χ4v) is 3.70. The van der Waals surface area contributed by atoms with Gasteiger partial charge >= 0.3 is 0 Å². The van der Waals surface area contributed by atoms with Crippen molar-refractivity contribution >= 4 is 29.9 Å². The number of piperidine rings is 1. The number of furan rings is 1. The number of hydrogen-bond donors (Lipinski definition) is 2. The standard InChI is InChI=1S/C20H31N5O2.HI/c1-15-17(16(2)27-24-15)9-10-22-20(21-3)23-14-18(19-8-7-13-26-19)25-11-5-4-6-12-25;/h7-8,13,18H,4-6,9-12,14H2,1-3H3,(H2,21,22,23);1H. The summed E-state index contributed by atoms with van der Waals surface area (Å²) >= 11 is 0. The van der Waals surface area contributed by atoms with E-state index in [1.54, 1.807) is 13.3 Å². The summed E-state index contributed by atoms with van der Waals surface area (Å²) in [7, 11) is 1.80. The Labute approximate surface area is 184 Å². The first-order valence-corrected chi connectivity index (χ1v) is 9.82. The topological polar surface area (TPSA) is 78.8 Å². The third-order valence-corrected chi connectivity index (χ3v) is 5.24. The summed E-state index contributed by atoms with van der Waals surface area (Å²) in [5.74, 6) is 2.70. The lowest BCUT2D eigenvalue weighted by atomic mass is 10.1. The van der Waals surface area contributed by atoms with Gasteiger partial charge in [0.15, 0.2) is 5.96 Å². The Bertz CT molecular complexity index is 704. The van der Waals surface area contributed by atoms with Gasteiger partial charge in [-0.05, 0) is 58.3 Å². The summed E-state index contributed by atoms with van der Waals surface area (Å²) in [5.41, 5.74) is 2.12. The van der Waals surface area contributed by atoms with E-state index in [4.69, 9.17) is 8.94 Å². The predicted molar refractivity (Wildman–Crippen MR) is 121 cm³/mol. The van der Waals surface area contributed by atoms with Crippen LogP contribution in [0.15, 0.2) is 32.3 Å². The maximum Gasteiger partial charge on any atom is 0.191 e. The van der Waals surface area contributed by atoms with Gasteiger partial charge < -0.3 is 19.6 Å². The van der Waals surface area contributed by atoms with Crippen LogP contribution >= 0.6 is 24.0 Å². The van der Waals surface area contributed by atoms with Gasteiger partial charge in [0.2, 0.25) is 0 Å². The second-order valence-electron chi connectivity index (χ2n) is 7.06. The molecule has 28 heavy (non-hydrogen) atoms. The van der Waals surface area contributed by atoms with Crippen LogP contribution in [0, 0.1) is 13.8 Å². The average Bonchev–Trinajstić information content (AvgIpc) is 3.33. The van der Waals surface area contributed by atoms with Crippen LogP contribution in [0.1, 0.15) is 48.1 Å². The molecule has 0 radical (unpaired) electrons. The Morgan fingerprint density at radius 3 is 2.64 bits per heavy atom. The summed E-state index contributed by atoms with van der Waals surface area (Å²) in [5, 5.41) is 10.9. The normalized spacial score (nSPS) is 16.5. The quantitative estimate of drug-likeness (QED) is 0.344.